The molecule has 0 aliphatic heterocycles. The van der Waals surface area contributed by atoms with Crippen LogP contribution in [-0.4, -0.2) is 42.2 Å². The van der Waals surface area contributed by atoms with Gasteiger partial charge >= 0.3 is 0 Å². The average molecular weight is 246 g/mol. The Balaban J connectivity index is 2.91. The summed E-state index contributed by atoms with van der Waals surface area (Å²) in [4.78, 5) is 17.7. The molecule has 6 heteroatoms. The number of hydrogen-bond donors (Lipinski definition) is 0. The highest BCUT2D eigenvalue weighted by atomic mass is 35.5. The molecule has 1 rings (SSSR count). The lowest BCUT2D eigenvalue weighted by Gasteiger charge is -2.21. The molecule has 0 aliphatic carbocycles. The van der Waals surface area contributed by atoms with Gasteiger partial charge in [-0.15, -0.1) is 11.6 Å². The molecule has 16 heavy (non-hydrogen) atoms. The third-order valence-corrected chi connectivity index (χ3v) is 2.39. The minimum Gasteiger partial charge on any atom is -0.383 e. The molecule has 0 amide bonds. The molecule has 0 atom stereocenters. The Morgan fingerprint density at radius 2 is 2.31 bits per heavy atom. The Hall–Kier alpha value is -1.07. The second kappa shape index (κ2) is 6.50. The predicted octanol–water partition coefficient (Wildman–Crippen LogP) is 0.472. The molecule has 1 heterocycles. The summed E-state index contributed by atoms with van der Waals surface area (Å²) in [6.45, 7) is 1.73. The zero-order valence-electron chi connectivity index (χ0n) is 9.52. The molecule has 0 radical (unpaired) electrons. The molecule has 0 unspecified atom stereocenters. The molecule has 0 saturated carbocycles. The first-order valence-corrected chi connectivity index (χ1v) is 5.55. The van der Waals surface area contributed by atoms with Gasteiger partial charge in [0.1, 0.15) is 0 Å². The minimum absolute atomic E-state index is 0.122. The van der Waals surface area contributed by atoms with Crippen molar-refractivity contribution < 1.29 is 4.74 Å². The van der Waals surface area contributed by atoms with Gasteiger partial charge in [0.15, 0.2) is 5.82 Å². The molecule has 0 N–H and O–H groups in total. The first-order valence-electron chi connectivity index (χ1n) is 5.02. The quantitative estimate of drug-likeness (QED) is 0.684. The monoisotopic (exact) mass is 245 g/mol. The first-order chi connectivity index (χ1) is 7.70. The highest BCUT2D eigenvalue weighted by Crippen LogP contribution is 2.03. The topological polar surface area (TPSA) is 47.4 Å². The van der Waals surface area contributed by atoms with Crippen LogP contribution in [-0.2, 0) is 11.8 Å². The van der Waals surface area contributed by atoms with Crippen molar-refractivity contribution >= 4 is 17.4 Å². The van der Waals surface area contributed by atoms with Gasteiger partial charge in [0.25, 0.3) is 5.56 Å². The van der Waals surface area contributed by atoms with Gasteiger partial charge in [-0.3, -0.25) is 4.79 Å². The number of hydrogen-bond acceptors (Lipinski definition) is 4. The first kappa shape index (κ1) is 13.0. The van der Waals surface area contributed by atoms with E-state index in [4.69, 9.17) is 16.3 Å². The summed E-state index contributed by atoms with van der Waals surface area (Å²) in [5.74, 6) is 0.867. The second-order valence-corrected chi connectivity index (χ2v) is 3.71. The lowest BCUT2D eigenvalue weighted by molar-refractivity contribution is 0.205. The molecular weight excluding hydrogens is 230 g/mol. The molecule has 5 nitrogen and oxygen atoms in total. The Bertz CT molecular complexity index is 381. The van der Waals surface area contributed by atoms with Crippen LogP contribution in [0.15, 0.2) is 17.2 Å². The highest BCUT2D eigenvalue weighted by Gasteiger charge is 2.11. The van der Waals surface area contributed by atoms with Gasteiger partial charge in [0.05, 0.1) is 6.61 Å². The SMILES string of the molecule is COCCN(CCCl)c1nccn(C)c1=O. The van der Waals surface area contributed by atoms with Crippen LogP contribution in [0.5, 0.6) is 0 Å². The standard InChI is InChI=1S/C10H16ClN3O2/c1-13-6-4-12-9(10(13)15)14(5-3-11)7-8-16-2/h4,6H,3,5,7-8H2,1-2H3. The molecular formula is C10H16ClN3O2. The van der Waals surface area contributed by atoms with Gasteiger partial charge in [-0.25, -0.2) is 4.98 Å². The summed E-state index contributed by atoms with van der Waals surface area (Å²) in [6, 6.07) is 0. The zero-order valence-corrected chi connectivity index (χ0v) is 10.3. The summed E-state index contributed by atoms with van der Waals surface area (Å²) in [7, 11) is 3.32. The van der Waals surface area contributed by atoms with Crippen LogP contribution in [0.2, 0.25) is 0 Å². The van der Waals surface area contributed by atoms with E-state index in [1.807, 2.05) is 4.90 Å². The number of aryl methyl sites for hydroxylation is 1. The van der Waals surface area contributed by atoms with Crippen LogP contribution >= 0.6 is 11.6 Å². The molecule has 0 bridgehead atoms. The molecule has 0 aromatic carbocycles. The third-order valence-electron chi connectivity index (χ3n) is 2.22. The van der Waals surface area contributed by atoms with Gasteiger partial charge < -0.3 is 14.2 Å². The van der Waals surface area contributed by atoms with Crippen molar-refractivity contribution in [2.75, 3.05) is 37.6 Å². The summed E-state index contributed by atoms with van der Waals surface area (Å²) in [5.41, 5.74) is -0.122. The molecule has 0 saturated heterocycles. The number of alkyl halides is 1. The van der Waals surface area contributed by atoms with Crippen LogP contribution in [0.3, 0.4) is 0 Å². The molecule has 0 fully saturated rings. The largest absolute Gasteiger partial charge is 0.383 e. The number of methoxy groups -OCH3 is 1. The maximum atomic E-state index is 11.8. The fourth-order valence-electron chi connectivity index (χ4n) is 1.33. The lowest BCUT2D eigenvalue weighted by Crippen LogP contribution is -2.36. The van der Waals surface area contributed by atoms with Gasteiger partial charge in [0.2, 0.25) is 0 Å². The lowest BCUT2D eigenvalue weighted by atomic mass is 10.4. The summed E-state index contributed by atoms with van der Waals surface area (Å²) < 4.78 is 6.49. The molecule has 90 valence electrons. The van der Waals surface area contributed by atoms with E-state index in [0.29, 0.717) is 31.4 Å². The van der Waals surface area contributed by atoms with E-state index in [1.165, 1.54) is 4.57 Å². The van der Waals surface area contributed by atoms with E-state index in [2.05, 4.69) is 4.98 Å². The van der Waals surface area contributed by atoms with Crippen LogP contribution in [0.4, 0.5) is 5.82 Å². The van der Waals surface area contributed by atoms with Crippen molar-refractivity contribution in [2.45, 2.75) is 0 Å². The second-order valence-electron chi connectivity index (χ2n) is 3.34. The number of ether oxygens (including phenoxy) is 1. The molecule has 0 aliphatic rings. The number of rotatable bonds is 6. The van der Waals surface area contributed by atoms with Gasteiger partial charge in [-0.05, 0) is 0 Å². The van der Waals surface area contributed by atoms with Crippen LogP contribution < -0.4 is 10.5 Å². The molecule has 0 spiro atoms. The molecule has 1 aromatic rings. The van der Waals surface area contributed by atoms with E-state index in [9.17, 15) is 4.79 Å². The number of aromatic nitrogens is 2. The zero-order chi connectivity index (χ0) is 12.0. The van der Waals surface area contributed by atoms with Gasteiger partial charge in [-0.1, -0.05) is 0 Å². The van der Waals surface area contributed by atoms with Crippen molar-refractivity contribution in [3.05, 3.63) is 22.7 Å². The Morgan fingerprint density at radius 1 is 1.56 bits per heavy atom. The van der Waals surface area contributed by atoms with E-state index in [-0.39, 0.29) is 5.56 Å². The van der Waals surface area contributed by atoms with E-state index in [0.717, 1.165) is 0 Å². The van der Waals surface area contributed by atoms with Crippen molar-refractivity contribution in [3.63, 3.8) is 0 Å². The Morgan fingerprint density at radius 3 is 2.94 bits per heavy atom. The normalized spacial score (nSPS) is 10.4. The van der Waals surface area contributed by atoms with E-state index >= 15 is 0 Å². The smallest absolute Gasteiger partial charge is 0.293 e. The van der Waals surface area contributed by atoms with E-state index in [1.54, 1.807) is 26.6 Å². The molecule has 1 aromatic heterocycles. The summed E-state index contributed by atoms with van der Waals surface area (Å²) in [6.07, 6.45) is 3.23. The number of nitrogens with zero attached hydrogens (tertiary/aromatic N) is 3. The number of anilines is 1. The minimum atomic E-state index is -0.122. The van der Waals surface area contributed by atoms with Crippen LogP contribution in [0, 0.1) is 0 Å². The Kier molecular flexibility index (Phi) is 5.28. The van der Waals surface area contributed by atoms with Crippen LogP contribution in [0.25, 0.3) is 0 Å². The fraction of sp³-hybridized carbons (Fsp3) is 0.600. The summed E-state index contributed by atoms with van der Waals surface area (Å²) >= 11 is 5.70. The third kappa shape index (κ3) is 3.21. The average Bonchev–Trinajstić information content (AvgIpc) is 2.28. The van der Waals surface area contributed by atoms with Gasteiger partial charge in [-0.2, -0.15) is 0 Å². The highest BCUT2D eigenvalue weighted by molar-refractivity contribution is 6.18. The van der Waals surface area contributed by atoms with Crippen molar-refractivity contribution in [1.82, 2.24) is 9.55 Å². The van der Waals surface area contributed by atoms with Crippen molar-refractivity contribution in [1.29, 1.82) is 0 Å². The predicted molar refractivity (Wildman–Crippen MR) is 64.3 cm³/mol. The van der Waals surface area contributed by atoms with E-state index < -0.39 is 0 Å². The van der Waals surface area contributed by atoms with Crippen LogP contribution in [0.1, 0.15) is 0 Å². The maximum absolute atomic E-state index is 11.8. The Labute approximate surface area is 99.6 Å². The maximum Gasteiger partial charge on any atom is 0.293 e. The summed E-state index contributed by atoms with van der Waals surface area (Å²) in [5, 5.41) is 0. The van der Waals surface area contributed by atoms with Crippen molar-refractivity contribution in [2.24, 2.45) is 7.05 Å². The van der Waals surface area contributed by atoms with Gasteiger partial charge in [0, 0.05) is 45.5 Å². The number of halogens is 1. The van der Waals surface area contributed by atoms with Crippen molar-refractivity contribution in [3.8, 4) is 0 Å². The fourth-order valence-corrected chi connectivity index (χ4v) is 1.53.